The molecule has 1 aromatic heterocycles. The molecule has 2 heterocycles. The number of aromatic nitrogens is 2. The molecule has 0 aliphatic carbocycles. The van der Waals surface area contributed by atoms with Gasteiger partial charge in [-0.05, 0) is 23.3 Å². The Balaban J connectivity index is 1.55. The molecular weight excluding hydrogens is 334 g/mol. The molecule has 0 unspecified atom stereocenters. The molecule has 0 radical (unpaired) electrons. The lowest BCUT2D eigenvalue weighted by molar-refractivity contribution is -0.0156. The molecular formula is C20H20ClN3O. The molecule has 0 saturated carbocycles. The van der Waals surface area contributed by atoms with Gasteiger partial charge in [-0.2, -0.15) is 0 Å². The predicted octanol–water partition coefficient (Wildman–Crippen LogP) is 4.30. The highest BCUT2D eigenvalue weighted by molar-refractivity contribution is 6.30. The number of aromatic amines is 1. The molecule has 0 spiro atoms. The second kappa shape index (κ2) is 7.40. The van der Waals surface area contributed by atoms with Crippen LogP contribution >= 0.6 is 11.6 Å². The van der Waals surface area contributed by atoms with Crippen molar-refractivity contribution in [1.29, 1.82) is 0 Å². The number of imidazole rings is 1. The van der Waals surface area contributed by atoms with Crippen molar-refractivity contribution in [2.45, 2.75) is 12.6 Å². The minimum absolute atomic E-state index is 0.127. The molecule has 128 valence electrons. The molecule has 2 aromatic carbocycles. The molecule has 5 heteroatoms. The number of hydrogen-bond donors (Lipinski definition) is 1. The van der Waals surface area contributed by atoms with Crippen molar-refractivity contribution in [3.63, 3.8) is 0 Å². The largest absolute Gasteiger partial charge is 0.378 e. The average molecular weight is 354 g/mol. The molecule has 1 saturated heterocycles. The summed E-state index contributed by atoms with van der Waals surface area (Å²) in [4.78, 5) is 10.5. The van der Waals surface area contributed by atoms with Gasteiger partial charge in [-0.1, -0.05) is 54.1 Å². The molecule has 0 amide bonds. The van der Waals surface area contributed by atoms with Crippen LogP contribution in [-0.2, 0) is 11.3 Å². The number of nitrogens with one attached hydrogen (secondary N) is 1. The fraction of sp³-hybridized carbons (Fsp3) is 0.250. The molecule has 1 N–H and O–H groups in total. The van der Waals surface area contributed by atoms with E-state index >= 15 is 0 Å². The summed E-state index contributed by atoms with van der Waals surface area (Å²) in [6, 6.07) is 18.4. The Labute approximate surface area is 152 Å². The van der Waals surface area contributed by atoms with Gasteiger partial charge in [0.15, 0.2) is 0 Å². The lowest BCUT2D eigenvalue weighted by Gasteiger charge is -2.34. The third-order valence-corrected chi connectivity index (χ3v) is 4.79. The highest BCUT2D eigenvalue weighted by Crippen LogP contribution is 2.26. The van der Waals surface area contributed by atoms with Crippen LogP contribution in [0.2, 0.25) is 5.02 Å². The Morgan fingerprint density at radius 2 is 1.92 bits per heavy atom. The van der Waals surface area contributed by atoms with Crippen molar-refractivity contribution < 1.29 is 4.74 Å². The van der Waals surface area contributed by atoms with Crippen LogP contribution in [0.25, 0.3) is 11.3 Å². The number of morpholine rings is 1. The molecule has 1 aliphatic rings. The van der Waals surface area contributed by atoms with Gasteiger partial charge in [-0.15, -0.1) is 0 Å². The maximum absolute atomic E-state index is 5.99. The number of benzene rings is 2. The summed E-state index contributed by atoms with van der Waals surface area (Å²) in [6.45, 7) is 3.13. The van der Waals surface area contributed by atoms with E-state index in [9.17, 15) is 0 Å². The lowest BCUT2D eigenvalue weighted by Crippen LogP contribution is -2.39. The van der Waals surface area contributed by atoms with Crippen LogP contribution in [0.15, 0.2) is 60.8 Å². The molecule has 4 nitrogen and oxygen atoms in total. The van der Waals surface area contributed by atoms with Crippen molar-refractivity contribution in [2.75, 3.05) is 19.8 Å². The molecule has 25 heavy (non-hydrogen) atoms. The molecule has 1 atom stereocenters. The number of rotatable bonds is 4. The monoisotopic (exact) mass is 353 g/mol. The first-order chi connectivity index (χ1) is 12.3. The minimum Gasteiger partial charge on any atom is -0.378 e. The first kappa shape index (κ1) is 16.3. The maximum atomic E-state index is 5.99. The van der Waals surface area contributed by atoms with Gasteiger partial charge < -0.3 is 9.72 Å². The Hall–Kier alpha value is -2.14. The third kappa shape index (κ3) is 3.76. The smallest absolute Gasteiger partial charge is 0.126 e. The number of H-pyrrole nitrogens is 1. The Morgan fingerprint density at radius 1 is 1.12 bits per heavy atom. The maximum Gasteiger partial charge on any atom is 0.126 e. The number of nitrogens with zero attached hydrogens (tertiary/aromatic N) is 2. The zero-order chi connectivity index (χ0) is 17.1. The number of halogens is 1. The highest BCUT2D eigenvalue weighted by atomic mass is 35.5. The highest BCUT2D eigenvalue weighted by Gasteiger charge is 2.27. The zero-order valence-corrected chi connectivity index (χ0v) is 14.6. The van der Waals surface area contributed by atoms with E-state index < -0.39 is 0 Å². The Bertz CT molecular complexity index is 816. The number of ether oxygens (including phenoxy) is 1. The summed E-state index contributed by atoms with van der Waals surface area (Å²) in [5.41, 5.74) is 3.42. The SMILES string of the molecule is Clc1ccc(CN2CCOC[C@H]2c2ncc(-c3ccccc3)[nH]2)cc1. The van der Waals surface area contributed by atoms with E-state index in [2.05, 4.69) is 39.1 Å². The van der Waals surface area contributed by atoms with Crippen LogP contribution < -0.4 is 0 Å². The summed E-state index contributed by atoms with van der Waals surface area (Å²) < 4.78 is 5.72. The second-order valence-corrected chi connectivity index (χ2v) is 6.67. The normalized spacial score (nSPS) is 18.4. The van der Waals surface area contributed by atoms with E-state index in [0.717, 1.165) is 41.8 Å². The topological polar surface area (TPSA) is 41.1 Å². The quantitative estimate of drug-likeness (QED) is 0.760. The van der Waals surface area contributed by atoms with E-state index in [4.69, 9.17) is 16.3 Å². The van der Waals surface area contributed by atoms with Gasteiger partial charge in [-0.25, -0.2) is 4.98 Å². The van der Waals surface area contributed by atoms with Crippen molar-refractivity contribution >= 4 is 11.6 Å². The molecule has 1 aliphatic heterocycles. The van der Waals surface area contributed by atoms with Crippen molar-refractivity contribution in [3.8, 4) is 11.3 Å². The second-order valence-electron chi connectivity index (χ2n) is 6.24. The van der Waals surface area contributed by atoms with Gasteiger partial charge in [-0.3, -0.25) is 4.90 Å². The Kier molecular flexibility index (Phi) is 4.83. The zero-order valence-electron chi connectivity index (χ0n) is 13.9. The van der Waals surface area contributed by atoms with Crippen molar-refractivity contribution in [2.24, 2.45) is 0 Å². The first-order valence-electron chi connectivity index (χ1n) is 8.46. The van der Waals surface area contributed by atoms with Gasteiger partial charge in [0.2, 0.25) is 0 Å². The van der Waals surface area contributed by atoms with Gasteiger partial charge >= 0.3 is 0 Å². The summed E-state index contributed by atoms with van der Waals surface area (Å²) >= 11 is 5.99. The van der Waals surface area contributed by atoms with E-state index in [-0.39, 0.29) is 6.04 Å². The van der Waals surface area contributed by atoms with Crippen LogP contribution in [0, 0.1) is 0 Å². The molecule has 1 fully saturated rings. The van der Waals surface area contributed by atoms with Crippen LogP contribution in [0.4, 0.5) is 0 Å². The summed E-state index contributed by atoms with van der Waals surface area (Å²) in [6.07, 6.45) is 1.90. The summed E-state index contributed by atoms with van der Waals surface area (Å²) in [5, 5.41) is 0.765. The molecule has 4 rings (SSSR count). The van der Waals surface area contributed by atoms with Crippen LogP contribution in [0.5, 0.6) is 0 Å². The molecule has 3 aromatic rings. The van der Waals surface area contributed by atoms with Crippen molar-refractivity contribution in [1.82, 2.24) is 14.9 Å². The van der Waals surface area contributed by atoms with Gasteiger partial charge in [0.25, 0.3) is 0 Å². The van der Waals surface area contributed by atoms with Crippen LogP contribution in [0.3, 0.4) is 0 Å². The van der Waals surface area contributed by atoms with Crippen molar-refractivity contribution in [3.05, 3.63) is 77.2 Å². The van der Waals surface area contributed by atoms with E-state index in [0.29, 0.717) is 6.61 Å². The summed E-state index contributed by atoms with van der Waals surface area (Å²) in [7, 11) is 0. The van der Waals surface area contributed by atoms with Gasteiger partial charge in [0, 0.05) is 18.1 Å². The Morgan fingerprint density at radius 3 is 2.72 bits per heavy atom. The minimum atomic E-state index is 0.127. The van der Waals surface area contributed by atoms with E-state index in [1.807, 2.05) is 36.5 Å². The standard InChI is InChI=1S/C20H20ClN3O/c21-17-8-6-15(7-9-17)13-24-10-11-25-14-19(24)20-22-12-18(23-20)16-4-2-1-3-5-16/h1-9,12,19H,10-11,13-14H2,(H,22,23)/t19-/m0/s1. The third-order valence-electron chi connectivity index (χ3n) is 4.53. The fourth-order valence-corrected chi connectivity index (χ4v) is 3.30. The summed E-state index contributed by atoms with van der Waals surface area (Å²) in [5.74, 6) is 0.951. The fourth-order valence-electron chi connectivity index (χ4n) is 3.17. The van der Waals surface area contributed by atoms with E-state index in [1.165, 1.54) is 5.56 Å². The first-order valence-corrected chi connectivity index (χ1v) is 8.84. The molecule has 0 bridgehead atoms. The van der Waals surface area contributed by atoms with Gasteiger partial charge in [0.1, 0.15) is 5.82 Å². The van der Waals surface area contributed by atoms with Gasteiger partial charge in [0.05, 0.1) is 31.1 Å². The van der Waals surface area contributed by atoms with Crippen LogP contribution in [0.1, 0.15) is 17.4 Å². The van der Waals surface area contributed by atoms with E-state index in [1.54, 1.807) is 0 Å². The predicted molar refractivity (Wildman–Crippen MR) is 99.4 cm³/mol. The number of hydrogen-bond acceptors (Lipinski definition) is 3. The van der Waals surface area contributed by atoms with Crippen LogP contribution in [-0.4, -0.2) is 34.6 Å². The average Bonchev–Trinajstić information content (AvgIpc) is 3.15. The lowest BCUT2D eigenvalue weighted by atomic mass is 10.1.